The van der Waals surface area contributed by atoms with Crippen molar-refractivity contribution in [1.29, 1.82) is 0 Å². The smallest absolute Gasteiger partial charge is 0.166 e. The first-order valence-corrected chi connectivity index (χ1v) is 20.1. The molecule has 59 heavy (non-hydrogen) atoms. The molecule has 0 aliphatic heterocycles. The van der Waals surface area contributed by atoms with Crippen molar-refractivity contribution in [1.82, 2.24) is 19.5 Å². The SMILES string of the molecule is CC1(C)c2ccccc2-c2c(-c3nc(-c4ccccc4)nc(-c4cccc5c6ccccc6n(-c6ccccc6)c45)n3)cc(-c3ccc4oc5ccccc5c4c3)cc21. The number of hydrogen-bond donors (Lipinski definition) is 0. The van der Waals surface area contributed by atoms with E-state index in [2.05, 4.69) is 170 Å². The van der Waals surface area contributed by atoms with E-state index >= 15 is 0 Å². The quantitative estimate of drug-likeness (QED) is 0.175. The molecule has 12 rings (SSSR count). The molecule has 0 unspecified atom stereocenters. The van der Waals surface area contributed by atoms with Crippen LogP contribution in [0.1, 0.15) is 25.0 Å². The summed E-state index contributed by atoms with van der Waals surface area (Å²) in [5.74, 6) is 1.88. The summed E-state index contributed by atoms with van der Waals surface area (Å²) >= 11 is 0. The monoisotopic (exact) mass is 756 g/mol. The topological polar surface area (TPSA) is 56.7 Å². The van der Waals surface area contributed by atoms with Crippen molar-refractivity contribution >= 4 is 43.7 Å². The molecule has 278 valence electrons. The second-order valence-electron chi connectivity index (χ2n) is 16.0. The van der Waals surface area contributed by atoms with Crippen LogP contribution >= 0.6 is 0 Å². The minimum atomic E-state index is -0.260. The highest BCUT2D eigenvalue weighted by Gasteiger charge is 2.38. The predicted molar refractivity (Wildman–Crippen MR) is 241 cm³/mol. The second kappa shape index (κ2) is 12.7. The highest BCUT2D eigenvalue weighted by atomic mass is 16.3. The van der Waals surface area contributed by atoms with Crippen molar-refractivity contribution in [2.24, 2.45) is 0 Å². The van der Waals surface area contributed by atoms with Crippen molar-refractivity contribution in [2.75, 3.05) is 0 Å². The van der Waals surface area contributed by atoms with Crippen molar-refractivity contribution in [2.45, 2.75) is 19.3 Å². The maximum absolute atomic E-state index is 6.25. The zero-order chi connectivity index (χ0) is 39.2. The minimum Gasteiger partial charge on any atom is -0.456 e. The molecule has 8 aromatic carbocycles. The van der Waals surface area contributed by atoms with Gasteiger partial charge in [-0.05, 0) is 88.0 Å². The van der Waals surface area contributed by atoms with Crippen LogP contribution in [0.5, 0.6) is 0 Å². The summed E-state index contributed by atoms with van der Waals surface area (Å²) in [7, 11) is 0. The van der Waals surface area contributed by atoms with Crippen LogP contribution in [0, 0.1) is 0 Å². The van der Waals surface area contributed by atoms with Crippen LogP contribution in [0.3, 0.4) is 0 Å². The highest BCUT2D eigenvalue weighted by molar-refractivity contribution is 6.13. The van der Waals surface area contributed by atoms with Gasteiger partial charge in [0, 0.05) is 49.3 Å². The summed E-state index contributed by atoms with van der Waals surface area (Å²) in [6.45, 7) is 4.66. The molecule has 3 aromatic heterocycles. The Hall–Kier alpha value is -7.63. The average Bonchev–Trinajstić information content (AvgIpc) is 3.92. The zero-order valence-electron chi connectivity index (χ0n) is 32.5. The summed E-state index contributed by atoms with van der Waals surface area (Å²) in [4.78, 5) is 16.2. The number of aromatic nitrogens is 4. The number of hydrogen-bond acceptors (Lipinski definition) is 4. The zero-order valence-corrected chi connectivity index (χ0v) is 32.5. The van der Waals surface area contributed by atoms with Gasteiger partial charge >= 0.3 is 0 Å². The van der Waals surface area contributed by atoms with Crippen LogP contribution in [0.15, 0.2) is 186 Å². The molecule has 5 nitrogen and oxygen atoms in total. The molecule has 3 heterocycles. The Labute approximate surface area is 340 Å². The second-order valence-corrected chi connectivity index (χ2v) is 16.0. The van der Waals surface area contributed by atoms with Crippen LogP contribution in [0.25, 0.3) is 106 Å². The van der Waals surface area contributed by atoms with E-state index in [1.54, 1.807) is 0 Å². The highest BCUT2D eigenvalue weighted by Crippen LogP contribution is 2.53. The molecule has 0 fully saturated rings. The Bertz CT molecular complexity index is 3470. The number of benzene rings is 8. The number of fused-ring (bicyclic) bond motifs is 9. The van der Waals surface area contributed by atoms with Gasteiger partial charge in [0.15, 0.2) is 17.5 Å². The molecule has 0 radical (unpaired) electrons. The van der Waals surface area contributed by atoms with Crippen LogP contribution in [0.2, 0.25) is 0 Å². The minimum absolute atomic E-state index is 0.260. The number of furan rings is 1. The van der Waals surface area contributed by atoms with Crippen molar-refractivity contribution in [3.05, 3.63) is 193 Å². The van der Waals surface area contributed by atoms with Gasteiger partial charge in [0.1, 0.15) is 11.2 Å². The van der Waals surface area contributed by atoms with Gasteiger partial charge in [-0.2, -0.15) is 0 Å². The molecule has 0 amide bonds. The van der Waals surface area contributed by atoms with Gasteiger partial charge in [-0.15, -0.1) is 0 Å². The van der Waals surface area contributed by atoms with Gasteiger partial charge in [0.05, 0.1) is 11.0 Å². The maximum Gasteiger partial charge on any atom is 0.166 e. The fourth-order valence-corrected chi connectivity index (χ4v) is 9.44. The Balaban J connectivity index is 1.16. The van der Waals surface area contributed by atoms with Crippen LogP contribution < -0.4 is 0 Å². The third-order valence-electron chi connectivity index (χ3n) is 12.2. The molecule has 0 atom stereocenters. The normalized spacial score (nSPS) is 13.1. The molecule has 0 saturated carbocycles. The van der Waals surface area contributed by atoms with Crippen LogP contribution in [-0.4, -0.2) is 19.5 Å². The number of para-hydroxylation sites is 4. The van der Waals surface area contributed by atoms with E-state index in [0.29, 0.717) is 17.5 Å². The summed E-state index contributed by atoms with van der Waals surface area (Å²) < 4.78 is 8.60. The predicted octanol–water partition coefficient (Wildman–Crippen LogP) is 13.8. The van der Waals surface area contributed by atoms with Gasteiger partial charge in [0.2, 0.25) is 0 Å². The largest absolute Gasteiger partial charge is 0.456 e. The summed E-state index contributed by atoms with van der Waals surface area (Å²) in [5.41, 5.74) is 14.7. The molecule has 1 aliphatic rings. The number of nitrogens with zero attached hydrogens (tertiary/aromatic N) is 4. The first kappa shape index (κ1) is 33.5. The Morgan fingerprint density at radius 2 is 1.07 bits per heavy atom. The molecule has 0 N–H and O–H groups in total. The Morgan fingerprint density at radius 3 is 1.92 bits per heavy atom. The molecule has 0 spiro atoms. The third-order valence-corrected chi connectivity index (χ3v) is 12.2. The summed E-state index contributed by atoms with van der Waals surface area (Å²) in [6.07, 6.45) is 0. The number of rotatable bonds is 5. The van der Waals surface area contributed by atoms with E-state index in [1.165, 1.54) is 22.1 Å². The van der Waals surface area contributed by atoms with E-state index in [9.17, 15) is 0 Å². The van der Waals surface area contributed by atoms with Gasteiger partial charge in [0.25, 0.3) is 0 Å². The standard InChI is InChI=1S/C54H36N4O/c1-54(2)44-25-12-9-22-40(44)49-43(31-35(32-45(49)54)34-28-29-48-42(30-34)38-21-11-14-27-47(38)59-48)53-56-51(33-16-5-3-6-17-33)55-52(57-53)41-24-15-23-39-37-20-10-13-26-46(37)58(50(39)41)36-18-7-4-8-19-36/h3-32H,1-2H3. The van der Waals surface area contributed by atoms with Gasteiger partial charge in [-0.25, -0.2) is 15.0 Å². The lowest BCUT2D eigenvalue weighted by Crippen LogP contribution is -2.15. The van der Waals surface area contributed by atoms with Crippen molar-refractivity contribution < 1.29 is 4.42 Å². The summed E-state index contributed by atoms with van der Waals surface area (Å²) in [5, 5.41) is 4.52. The molecule has 1 aliphatic carbocycles. The third kappa shape index (κ3) is 5.08. The fourth-order valence-electron chi connectivity index (χ4n) is 9.44. The van der Waals surface area contributed by atoms with E-state index < -0.39 is 0 Å². The molecular weight excluding hydrogens is 721 g/mol. The van der Waals surface area contributed by atoms with Gasteiger partial charge < -0.3 is 8.98 Å². The van der Waals surface area contributed by atoms with Gasteiger partial charge in [-0.3, -0.25) is 0 Å². The lowest BCUT2D eigenvalue weighted by atomic mass is 9.81. The van der Waals surface area contributed by atoms with Gasteiger partial charge in [-0.1, -0.05) is 141 Å². The lowest BCUT2D eigenvalue weighted by Gasteiger charge is -2.23. The molecular formula is C54H36N4O. The van der Waals surface area contributed by atoms with Crippen molar-refractivity contribution in [3.63, 3.8) is 0 Å². The Morgan fingerprint density at radius 1 is 0.424 bits per heavy atom. The van der Waals surface area contributed by atoms with E-state index in [1.807, 2.05) is 30.3 Å². The lowest BCUT2D eigenvalue weighted by molar-refractivity contribution is 0.660. The fraction of sp³-hybridized carbons (Fsp3) is 0.0556. The molecule has 0 bridgehead atoms. The maximum atomic E-state index is 6.25. The van der Waals surface area contributed by atoms with E-state index in [4.69, 9.17) is 19.4 Å². The van der Waals surface area contributed by atoms with Crippen LogP contribution in [0.4, 0.5) is 0 Å². The van der Waals surface area contributed by atoms with E-state index in [-0.39, 0.29) is 5.41 Å². The Kier molecular flexibility index (Phi) is 7.20. The van der Waals surface area contributed by atoms with Crippen LogP contribution in [-0.2, 0) is 5.41 Å². The average molecular weight is 757 g/mol. The molecule has 0 saturated heterocycles. The first-order chi connectivity index (χ1) is 29.0. The summed E-state index contributed by atoms with van der Waals surface area (Å²) in [6, 6.07) is 64.2. The molecule has 11 aromatic rings. The first-order valence-electron chi connectivity index (χ1n) is 20.1. The van der Waals surface area contributed by atoms with Crippen molar-refractivity contribution in [3.8, 4) is 62.1 Å². The molecule has 5 heteroatoms. The van der Waals surface area contributed by atoms with E-state index in [0.717, 1.165) is 77.4 Å².